The van der Waals surface area contributed by atoms with E-state index in [0.717, 1.165) is 12.8 Å². The van der Waals surface area contributed by atoms with Crippen molar-refractivity contribution >= 4 is 15.9 Å². The molecule has 0 bridgehead atoms. The molecule has 2 aliphatic rings. The van der Waals surface area contributed by atoms with E-state index in [1.807, 2.05) is 6.07 Å². The molecule has 0 aromatic heterocycles. The fourth-order valence-electron chi connectivity index (χ4n) is 2.48. The van der Waals surface area contributed by atoms with Crippen LogP contribution < -0.4 is 13.8 Å². The zero-order chi connectivity index (χ0) is 14.0. The van der Waals surface area contributed by atoms with Gasteiger partial charge in [-0.2, -0.15) is 13.1 Å². The molecule has 1 aromatic carbocycles. The lowest BCUT2D eigenvalue weighted by atomic mass is 10.2. The van der Waals surface area contributed by atoms with Crippen LogP contribution >= 0.6 is 0 Å². The van der Waals surface area contributed by atoms with Gasteiger partial charge in [0.25, 0.3) is 0 Å². The summed E-state index contributed by atoms with van der Waals surface area (Å²) in [5.74, 6) is 0.598. The summed E-state index contributed by atoms with van der Waals surface area (Å²) in [6.07, 6.45) is 1.88. The Morgan fingerprint density at radius 2 is 2.15 bits per heavy atom. The normalized spacial score (nSPS) is 22.4. The van der Waals surface area contributed by atoms with Gasteiger partial charge in [-0.1, -0.05) is 12.1 Å². The van der Waals surface area contributed by atoms with Crippen molar-refractivity contribution < 1.29 is 17.9 Å². The minimum atomic E-state index is -3.56. The highest BCUT2D eigenvalue weighted by atomic mass is 32.2. The molecule has 0 saturated carbocycles. The van der Waals surface area contributed by atoms with E-state index < -0.39 is 10.2 Å². The van der Waals surface area contributed by atoms with Crippen LogP contribution in [0.1, 0.15) is 12.8 Å². The van der Waals surface area contributed by atoms with Crippen molar-refractivity contribution in [1.29, 1.82) is 0 Å². The third-order valence-corrected chi connectivity index (χ3v) is 4.98. The summed E-state index contributed by atoms with van der Waals surface area (Å²) >= 11 is 0. The van der Waals surface area contributed by atoms with Crippen LogP contribution in [-0.4, -0.2) is 40.8 Å². The Morgan fingerprint density at radius 3 is 2.95 bits per heavy atom. The Morgan fingerprint density at radius 1 is 1.30 bits per heavy atom. The van der Waals surface area contributed by atoms with Crippen molar-refractivity contribution in [3.63, 3.8) is 0 Å². The van der Waals surface area contributed by atoms with Gasteiger partial charge in [0.2, 0.25) is 0 Å². The summed E-state index contributed by atoms with van der Waals surface area (Å²) in [6.45, 7) is 1.71. The van der Waals surface area contributed by atoms with Crippen molar-refractivity contribution in [2.45, 2.75) is 18.9 Å². The first-order valence-electron chi connectivity index (χ1n) is 6.77. The van der Waals surface area contributed by atoms with Crippen molar-refractivity contribution in [2.24, 2.45) is 0 Å². The molecule has 0 aliphatic carbocycles. The van der Waals surface area contributed by atoms with E-state index in [0.29, 0.717) is 37.7 Å². The molecule has 2 aliphatic heterocycles. The highest BCUT2D eigenvalue weighted by Crippen LogP contribution is 2.32. The van der Waals surface area contributed by atoms with Gasteiger partial charge in [0.1, 0.15) is 12.4 Å². The van der Waals surface area contributed by atoms with Crippen LogP contribution in [-0.2, 0) is 14.9 Å². The van der Waals surface area contributed by atoms with Crippen LogP contribution in [0.5, 0.6) is 5.75 Å². The lowest BCUT2D eigenvalue weighted by Crippen LogP contribution is -2.46. The highest BCUT2D eigenvalue weighted by molar-refractivity contribution is 7.90. The summed E-state index contributed by atoms with van der Waals surface area (Å²) in [5, 5.41) is 0. The molecular formula is C13H18N2O4S. The third-order valence-electron chi connectivity index (χ3n) is 3.49. The molecule has 6 nitrogen and oxygen atoms in total. The molecule has 1 atom stereocenters. The molecule has 1 aromatic rings. The molecule has 7 heteroatoms. The molecule has 1 saturated heterocycles. The fourth-order valence-corrected chi connectivity index (χ4v) is 3.75. The van der Waals surface area contributed by atoms with Gasteiger partial charge in [0.15, 0.2) is 0 Å². The topological polar surface area (TPSA) is 67.9 Å². The highest BCUT2D eigenvalue weighted by Gasteiger charge is 2.29. The Labute approximate surface area is 118 Å². The average Bonchev–Trinajstić information content (AvgIpc) is 2.98. The first kappa shape index (κ1) is 13.7. The molecule has 2 heterocycles. The van der Waals surface area contributed by atoms with Crippen LogP contribution in [0.3, 0.4) is 0 Å². The van der Waals surface area contributed by atoms with Gasteiger partial charge in [0, 0.05) is 13.2 Å². The Balaban J connectivity index is 1.74. The van der Waals surface area contributed by atoms with E-state index in [-0.39, 0.29) is 6.10 Å². The zero-order valence-electron chi connectivity index (χ0n) is 11.1. The van der Waals surface area contributed by atoms with E-state index in [2.05, 4.69) is 4.72 Å². The number of nitrogens with one attached hydrogen (secondary N) is 1. The fraction of sp³-hybridized carbons (Fsp3) is 0.538. The molecule has 20 heavy (non-hydrogen) atoms. The standard InChI is InChI=1S/C13H18N2O4S/c16-20(17,14-10-11-4-3-8-18-11)15-7-9-19-13-6-2-1-5-12(13)15/h1-2,5-6,11,14H,3-4,7-10H2. The van der Waals surface area contributed by atoms with Crippen molar-refractivity contribution in [3.8, 4) is 5.75 Å². The Hall–Kier alpha value is -1.31. The Bertz CT molecular complexity index is 569. The van der Waals surface area contributed by atoms with E-state index in [1.54, 1.807) is 18.2 Å². The second-order valence-electron chi connectivity index (χ2n) is 4.88. The maximum atomic E-state index is 12.4. The molecule has 1 N–H and O–H groups in total. The second-order valence-corrected chi connectivity index (χ2v) is 6.56. The maximum absolute atomic E-state index is 12.4. The molecular weight excluding hydrogens is 280 g/mol. The summed E-state index contributed by atoms with van der Waals surface area (Å²) in [6, 6.07) is 7.15. The van der Waals surface area contributed by atoms with Crippen molar-refractivity contribution in [2.75, 3.05) is 30.6 Å². The van der Waals surface area contributed by atoms with E-state index in [4.69, 9.17) is 9.47 Å². The second kappa shape index (κ2) is 5.59. The number of hydrogen-bond donors (Lipinski definition) is 1. The largest absolute Gasteiger partial charge is 0.489 e. The minimum Gasteiger partial charge on any atom is -0.489 e. The number of nitrogens with zero attached hydrogens (tertiary/aromatic N) is 1. The lowest BCUT2D eigenvalue weighted by Gasteiger charge is -2.30. The van der Waals surface area contributed by atoms with Gasteiger partial charge in [-0.05, 0) is 25.0 Å². The summed E-state index contributed by atoms with van der Waals surface area (Å²) in [4.78, 5) is 0. The first-order chi connectivity index (χ1) is 9.67. The van der Waals surface area contributed by atoms with Gasteiger partial charge >= 0.3 is 10.2 Å². The van der Waals surface area contributed by atoms with Gasteiger partial charge in [-0.3, -0.25) is 4.31 Å². The molecule has 0 spiro atoms. The molecule has 1 unspecified atom stereocenters. The van der Waals surface area contributed by atoms with Crippen LogP contribution in [0.25, 0.3) is 0 Å². The predicted octanol–water partition coefficient (Wildman–Crippen LogP) is 0.899. The SMILES string of the molecule is O=S(=O)(NCC1CCCO1)N1CCOc2ccccc21. The molecule has 3 rings (SSSR count). The number of ether oxygens (including phenoxy) is 2. The van der Waals surface area contributed by atoms with E-state index >= 15 is 0 Å². The predicted molar refractivity (Wildman–Crippen MR) is 75.2 cm³/mol. The summed E-state index contributed by atoms with van der Waals surface area (Å²) < 4.78 is 39.7. The summed E-state index contributed by atoms with van der Waals surface area (Å²) in [5.41, 5.74) is 0.582. The first-order valence-corrected chi connectivity index (χ1v) is 8.21. The zero-order valence-corrected chi connectivity index (χ0v) is 11.9. The van der Waals surface area contributed by atoms with Gasteiger partial charge in [-0.25, -0.2) is 0 Å². The monoisotopic (exact) mass is 298 g/mol. The molecule has 0 amide bonds. The number of rotatable bonds is 4. The third kappa shape index (κ3) is 2.74. The smallest absolute Gasteiger partial charge is 0.301 e. The minimum absolute atomic E-state index is 0.0129. The van der Waals surface area contributed by atoms with Crippen molar-refractivity contribution in [3.05, 3.63) is 24.3 Å². The number of para-hydroxylation sites is 2. The number of fused-ring (bicyclic) bond motifs is 1. The number of hydrogen-bond acceptors (Lipinski definition) is 4. The van der Waals surface area contributed by atoms with Crippen LogP contribution in [0, 0.1) is 0 Å². The summed E-state index contributed by atoms with van der Waals surface area (Å²) in [7, 11) is -3.56. The molecule has 1 fully saturated rings. The maximum Gasteiger partial charge on any atom is 0.301 e. The average molecular weight is 298 g/mol. The van der Waals surface area contributed by atoms with Gasteiger partial charge in [0.05, 0.1) is 18.3 Å². The van der Waals surface area contributed by atoms with Gasteiger partial charge in [-0.15, -0.1) is 0 Å². The van der Waals surface area contributed by atoms with Gasteiger partial charge < -0.3 is 9.47 Å². The van der Waals surface area contributed by atoms with Crippen LogP contribution in [0.15, 0.2) is 24.3 Å². The number of anilines is 1. The van der Waals surface area contributed by atoms with E-state index in [9.17, 15) is 8.42 Å². The van der Waals surface area contributed by atoms with E-state index in [1.165, 1.54) is 4.31 Å². The van der Waals surface area contributed by atoms with Crippen LogP contribution in [0.2, 0.25) is 0 Å². The lowest BCUT2D eigenvalue weighted by molar-refractivity contribution is 0.114. The quantitative estimate of drug-likeness (QED) is 0.897. The Kier molecular flexibility index (Phi) is 3.82. The molecule has 0 radical (unpaired) electrons. The number of benzene rings is 1. The van der Waals surface area contributed by atoms with Crippen LogP contribution in [0.4, 0.5) is 5.69 Å². The van der Waals surface area contributed by atoms with Crippen molar-refractivity contribution in [1.82, 2.24) is 4.72 Å². The molecule has 110 valence electrons.